The van der Waals surface area contributed by atoms with Crippen LogP contribution < -0.4 is 5.32 Å². The summed E-state index contributed by atoms with van der Waals surface area (Å²) >= 11 is -0.272. The molecule has 28 heavy (non-hydrogen) atoms. The molecule has 1 aromatic carbocycles. The molecular weight excluding hydrogens is 425 g/mol. The van der Waals surface area contributed by atoms with Crippen molar-refractivity contribution < 1.29 is 23.9 Å². The van der Waals surface area contributed by atoms with E-state index in [4.69, 9.17) is 9.47 Å². The Kier molecular flexibility index (Phi) is 9.18. The maximum absolute atomic E-state index is 12.5. The van der Waals surface area contributed by atoms with E-state index in [0.29, 0.717) is 11.7 Å². The average Bonchev–Trinajstić information content (AvgIpc) is 2.57. The zero-order valence-electron chi connectivity index (χ0n) is 17.5. The summed E-state index contributed by atoms with van der Waals surface area (Å²) in [6.45, 7) is 11.0. The van der Waals surface area contributed by atoms with Crippen LogP contribution in [0.15, 0.2) is 30.3 Å². The number of amides is 1. The van der Waals surface area contributed by atoms with Gasteiger partial charge in [-0.1, -0.05) is 0 Å². The molecule has 1 aromatic rings. The van der Waals surface area contributed by atoms with Crippen LogP contribution >= 0.6 is 0 Å². The molecule has 0 spiro atoms. The fraction of sp³-hybridized carbons (Fsp3) is 0.571. The van der Waals surface area contributed by atoms with Crippen molar-refractivity contribution in [1.82, 2.24) is 5.32 Å². The Morgan fingerprint density at radius 2 is 1.64 bits per heavy atom. The number of alkyl carbamates (subject to hydrolysis) is 1. The number of hydrogen-bond acceptors (Lipinski definition) is 5. The number of carbonyl (C=O) groups is 3. The number of carbonyl (C=O) groups excluding carboxylic acids is 3. The molecule has 0 unspecified atom stereocenters. The average molecular weight is 456 g/mol. The first-order valence-electron chi connectivity index (χ1n) is 9.26. The molecule has 0 aliphatic carbocycles. The molecule has 0 heterocycles. The molecule has 0 fully saturated rings. The molecule has 1 rings (SSSR count). The van der Waals surface area contributed by atoms with Crippen molar-refractivity contribution in [3.63, 3.8) is 0 Å². The van der Waals surface area contributed by atoms with Gasteiger partial charge in [0.25, 0.3) is 0 Å². The monoisotopic (exact) mass is 457 g/mol. The van der Waals surface area contributed by atoms with E-state index in [1.165, 1.54) is 0 Å². The van der Waals surface area contributed by atoms with Crippen LogP contribution in [0.1, 0.15) is 53.5 Å². The molecule has 6 nitrogen and oxygen atoms in total. The quantitative estimate of drug-likeness (QED) is 0.477. The first kappa shape index (κ1) is 24.2. The molecule has 0 aromatic heterocycles. The SMILES string of the molecule is CC(C)(C)OC(=O)N[C@@H](CC[Se]C(=O)C(C)(C)C)C(=O)OCc1ccccc1. The second kappa shape index (κ2) is 10.6. The summed E-state index contributed by atoms with van der Waals surface area (Å²) in [5, 5.41) is 3.12. The summed E-state index contributed by atoms with van der Waals surface area (Å²) in [5.74, 6) is -0.534. The minimum absolute atomic E-state index is 0.123. The van der Waals surface area contributed by atoms with E-state index >= 15 is 0 Å². The van der Waals surface area contributed by atoms with Gasteiger partial charge in [0.05, 0.1) is 0 Å². The van der Waals surface area contributed by atoms with Crippen LogP contribution in [0, 0.1) is 5.41 Å². The summed E-state index contributed by atoms with van der Waals surface area (Å²) in [7, 11) is 0. The van der Waals surface area contributed by atoms with Gasteiger partial charge in [-0.05, 0) is 0 Å². The number of ether oxygens (including phenoxy) is 2. The van der Waals surface area contributed by atoms with Gasteiger partial charge < -0.3 is 0 Å². The minimum atomic E-state index is -0.854. The maximum atomic E-state index is 12.5. The predicted octanol–water partition coefficient (Wildman–Crippen LogP) is 3.71. The third-order valence-electron chi connectivity index (χ3n) is 3.45. The van der Waals surface area contributed by atoms with Crippen molar-refractivity contribution in [3.05, 3.63) is 35.9 Å². The predicted molar refractivity (Wildman–Crippen MR) is 109 cm³/mol. The van der Waals surface area contributed by atoms with E-state index in [1.807, 2.05) is 51.1 Å². The molecule has 156 valence electrons. The number of benzene rings is 1. The van der Waals surface area contributed by atoms with Gasteiger partial charge in [-0.25, -0.2) is 0 Å². The molecule has 0 bridgehead atoms. The third-order valence-corrected chi connectivity index (χ3v) is 6.21. The summed E-state index contributed by atoms with van der Waals surface area (Å²) in [6, 6.07) is 8.46. The van der Waals surface area contributed by atoms with Gasteiger partial charge in [-0.15, -0.1) is 0 Å². The van der Waals surface area contributed by atoms with Crippen LogP contribution in [-0.2, 0) is 25.7 Å². The summed E-state index contributed by atoms with van der Waals surface area (Å²) < 4.78 is 10.8. The number of rotatable bonds is 8. The van der Waals surface area contributed by atoms with Crippen molar-refractivity contribution >= 4 is 31.7 Å². The summed E-state index contributed by atoms with van der Waals surface area (Å²) in [4.78, 5) is 36.8. The van der Waals surface area contributed by atoms with Crippen LogP contribution in [-0.4, -0.2) is 43.3 Å². The van der Waals surface area contributed by atoms with E-state index in [1.54, 1.807) is 20.8 Å². The Morgan fingerprint density at radius 1 is 1.04 bits per heavy atom. The summed E-state index contributed by atoms with van der Waals surface area (Å²) in [5.41, 5.74) is -0.213. The van der Waals surface area contributed by atoms with Crippen LogP contribution in [0.25, 0.3) is 0 Å². The Morgan fingerprint density at radius 3 is 2.18 bits per heavy atom. The van der Waals surface area contributed by atoms with Crippen molar-refractivity contribution in [3.8, 4) is 0 Å². The van der Waals surface area contributed by atoms with Crippen LogP contribution in [0.3, 0.4) is 0 Å². The molecule has 1 atom stereocenters. The molecular formula is C21H31NO5Se. The fourth-order valence-corrected chi connectivity index (χ4v) is 4.05. The molecule has 0 saturated heterocycles. The first-order chi connectivity index (χ1) is 12.9. The van der Waals surface area contributed by atoms with Crippen molar-refractivity contribution in [2.45, 2.75) is 71.5 Å². The molecule has 0 saturated carbocycles. The molecule has 0 radical (unpaired) electrons. The standard InChI is InChI=1S/C21H31NO5Se/c1-20(2,3)18(24)28-13-12-16(22-19(25)27-21(4,5)6)17(23)26-14-15-10-8-7-9-11-15/h7-11,16H,12-14H2,1-6H3,(H,22,25)/t16-/m0/s1. The van der Waals surface area contributed by atoms with Crippen LogP contribution in [0.5, 0.6) is 0 Å². The fourth-order valence-electron chi connectivity index (χ4n) is 2.01. The summed E-state index contributed by atoms with van der Waals surface area (Å²) in [6.07, 6.45) is -0.349. The first-order valence-corrected chi connectivity index (χ1v) is 11.3. The normalized spacial score (nSPS) is 12.8. The van der Waals surface area contributed by atoms with E-state index < -0.39 is 29.1 Å². The molecule has 0 aliphatic heterocycles. The van der Waals surface area contributed by atoms with E-state index in [2.05, 4.69) is 5.32 Å². The topological polar surface area (TPSA) is 81.7 Å². The van der Waals surface area contributed by atoms with Crippen molar-refractivity contribution in [2.24, 2.45) is 5.41 Å². The Labute approximate surface area is 173 Å². The molecule has 0 aliphatic rings. The Bertz CT molecular complexity index is 662. The molecule has 7 heteroatoms. The van der Waals surface area contributed by atoms with Gasteiger partial charge in [-0.2, -0.15) is 0 Å². The number of hydrogen-bond donors (Lipinski definition) is 1. The van der Waals surface area contributed by atoms with Crippen molar-refractivity contribution in [1.29, 1.82) is 0 Å². The van der Waals surface area contributed by atoms with Gasteiger partial charge in [-0.3, -0.25) is 0 Å². The van der Waals surface area contributed by atoms with Gasteiger partial charge in [0.15, 0.2) is 0 Å². The number of nitrogens with one attached hydrogen (secondary N) is 1. The number of esters is 1. The van der Waals surface area contributed by atoms with Gasteiger partial charge in [0.1, 0.15) is 0 Å². The van der Waals surface area contributed by atoms with Crippen molar-refractivity contribution in [2.75, 3.05) is 0 Å². The van der Waals surface area contributed by atoms with Crippen LogP contribution in [0.2, 0.25) is 5.32 Å². The van der Waals surface area contributed by atoms with E-state index in [0.717, 1.165) is 5.56 Å². The van der Waals surface area contributed by atoms with E-state index in [-0.39, 0.29) is 26.2 Å². The Hall–Kier alpha value is -1.85. The zero-order chi connectivity index (χ0) is 21.4. The van der Waals surface area contributed by atoms with Gasteiger partial charge in [0, 0.05) is 0 Å². The van der Waals surface area contributed by atoms with Gasteiger partial charge in [0.2, 0.25) is 0 Å². The van der Waals surface area contributed by atoms with Gasteiger partial charge >= 0.3 is 174 Å². The molecule has 1 amide bonds. The van der Waals surface area contributed by atoms with Crippen LogP contribution in [0.4, 0.5) is 4.79 Å². The third kappa shape index (κ3) is 9.90. The van der Waals surface area contributed by atoms with E-state index in [9.17, 15) is 14.4 Å². The molecule has 1 N–H and O–H groups in total. The second-order valence-electron chi connectivity index (χ2n) is 8.47. The zero-order valence-corrected chi connectivity index (χ0v) is 19.2. The second-order valence-corrected chi connectivity index (χ2v) is 10.7. The Balaban J connectivity index is 2.68.